The molecule has 2 aromatic carbocycles. The third-order valence-corrected chi connectivity index (χ3v) is 5.06. The molecule has 0 radical (unpaired) electrons. The van der Waals surface area contributed by atoms with E-state index in [1.807, 2.05) is 25.1 Å². The summed E-state index contributed by atoms with van der Waals surface area (Å²) in [7, 11) is 0. The van der Waals surface area contributed by atoms with Crippen LogP contribution in [0.1, 0.15) is 24.9 Å². The molecule has 3 rings (SSSR count). The molecule has 0 bridgehead atoms. The van der Waals surface area contributed by atoms with Gasteiger partial charge in [0, 0.05) is 25.3 Å². The molecule has 1 aliphatic rings. The van der Waals surface area contributed by atoms with E-state index in [2.05, 4.69) is 27.7 Å². The zero-order valence-electron chi connectivity index (χ0n) is 14.7. The molecule has 1 aliphatic heterocycles. The van der Waals surface area contributed by atoms with Crippen LogP contribution in [0.4, 0.5) is 14.9 Å². The maximum atomic E-state index is 13.5. The van der Waals surface area contributed by atoms with E-state index in [1.165, 1.54) is 17.8 Å². The number of carbonyl (C=O) groups excluding carboxylic acids is 1. The summed E-state index contributed by atoms with van der Waals surface area (Å²) < 4.78 is 13.5. The molecule has 1 fully saturated rings. The van der Waals surface area contributed by atoms with Crippen molar-refractivity contribution >= 4 is 23.3 Å². The van der Waals surface area contributed by atoms with Gasteiger partial charge < -0.3 is 15.5 Å². The summed E-state index contributed by atoms with van der Waals surface area (Å²) in [5, 5.41) is 5.84. The summed E-state index contributed by atoms with van der Waals surface area (Å²) in [6.07, 6.45) is 1.05. The molecule has 0 aromatic heterocycles. The Bertz CT molecular complexity index is 756. The second kappa shape index (κ2) is 8.41. The van der Waals surface area contributed by atoms with Crippen LogP contribution in [0.3, 0.4) is 0 Å². The molecule has 26 heavy (non-hydrogen) atoms. The molecule has 1 saturated heterocycles. The summed E-state index contributed by atoms with van der Waals surface area (Å²) in [4.78, 5) is 14.5. The molecular weight excluding hydrogens is 353 g/mol. The van der Waals surface area contributed by atoms with Crippen LogP contribution >= 0.6 is 11.6 Å². The van der Waals surface area contributed by atoms with Gasteiger partial charge >= 0.3 is 6.03 Å². The molecular formula is C20H23ClFN3O. The summed E-state index contributed by atoms with van der Waals surface area (Å²) in [6.45, 7) is 4.37. The Hall–Kier alpha value is -2.27. The van der Waals surface area contributed by atoms with Gasteiger partial charge in [-0.2, -0.15) is 0 Å². The number of anilines is 1. The summed E-state index contributed by atoms with van der Waals surface area (Å²) in [6, 6.07) is 14.3. The number of hydrogen-bond acceptors (Lipinski definition) is 2. The van der Waals surface area contributed by atoms with Crippen molar-refractivity contribution in [2.45, 2.75) is 19.4 Å². The fourth-order valence-electron chi connectivity index (χ4n) is 3.22. The fraction of sp³-hybridized carbons (Fsp3) is 0.350. The number of para-hydroxylation sites is 1. The Kier molecular flexibility index (Phi) is 5.99. The van der Waals surface area contributed by atoms with Crippen molar-refractivity contribution in [3.63, 3.8) is 0 Å². The molecule has 138 valence electrons. The number of nitrogens with one attached hydrogen (secondary N) is 2. The van der Waals surface area contributed by atoms with Gasteiger partial charge in [0.15, 0.2) is 0 Å². The van der Waals surface area contributed by atoms with Crippen LogP contribution in [-0.4, -0.2) is 25.7 Å². The van der Waals surface area contributed by atoms with Crippen molar-refractivity contribution in [1.82, 2.24) is 10.6 Å². The van der Waals surface area contributed by atoms with Crippen LogP contribution < -0.4 is 15.5 Å². The van der Waals surface area contributed by atoms with E-state index >= 15 is 0 Å². The van der Waals surface area contributed by atoms with Crippen molar-refractivity contribution in [1.29, 1.82) is 0 Å². The Morgan fingerprint density at radius 1 is 1.31 bits per heavy atom. The average Bonchev–Trinajstić information content (AvgIpc) is 3.12. The minimum atomic E-state index is -0.481. The number of benzene rings is 2. The van der Waals surface area contributed by atoms with Crippen molar-refractivity contribution in [3.05, 3.63) is 64.9 Å². The summed E-state index contributed by atoms with van der Waals surface area (Å²) in [5.74, 6) is -0.0607. The van der Waals surface area contributed by atoms with Gasteiger partial charge in [-0.3, -0.25) is 0 Å². The van der Waals surface area contributed by atoms with Crippen molar-refractivity contribution < 1.29 is 9.18 Å². The van der Waals surface area contributed by atoms with E-state index in [9.17, 15) is 9.18 Å². The lowest BCUT2D eigenvalue weighted by Gasteiger charge is -2.19. The molecule has 2 amide bonds. The molecule has 6 heteroatoms. The SMILES string of the molecule is CC(NC(=O)NCC1CCN(c2ccccc2)C1)c1ccc(Cl)c(F)c1. The normalized spacial score (nSPS) is 17.8. The molecule has 0 saturated carbocycles. The van der Waals surface area contributed by atoms with Gasteiger partial charge in [-0.15, -0.1) is 0 Å². The Morgan fingerprint density at radius 2 is 2.08 bits per heavy atom. The van der Waals surface area contributed by atoms with Crippen molar-refractivity contribution in [2.24, 2.45) is 5.92 Å². The summed E-state index contributed by atoms with van der Waals surface area (Å²) in [5.41, 5.74) is 1.90. The first-order chi connectivity index (χ1) is 12.5. The van der Waals surface area contributed by atoms with Crippen molar-refractivity contribution in [3.8, 4) is 0 Å². The van der Waals surface area contributed by atoms with Crippen LogP contribution in [0.15, 0.2) is 48.5 Å². The first kappa shape index (κ1) is 18.5. The highest BCUT2D eigenvalue weighted by atomic mass is 35.5. The average molecular weight is 376 g/mol. The highest BCUT2D eigenvalue weighted by molar-refractivity contribution is 6.30. The molecule has 2 aromatic rings. The molecule has 2 atom stereocenters. The Labute approximate surface area is 158 Å². The standard InChI is InChI=1S/C20H23ClFN3O/c1-14(16-7-8-18(21)19(22)11-16)24-20(26)23-12-15-9-10-25(13-15)17-5-3-2-4-6-17/h2-8,11,14-15H,9-10,12-13H2,1H3,(H2,23,24,26). The lowest BCUT2D eigenvalue weighted by Crippen LogP contribution is -2.40. The molecule has 0 spiro atoms. The fourth-order valence-corrected chi connectivity index (χ4v) is 3.34. The largest absolute Gasteiger partial charge is 0.371 e. The molecule has 2 N–H and O–H groups in total. The maximum Gasteiger partial charge on any atom is 0.315 e. The van der Waals surface area contributed by atoms with Gasteiger partial charge in [0.25, 0.3) is 0 Å². The van der Waals surface area contributed by atoms with Crippen LogP contribution in [0.5, 0.6) is 0 Å². The smallest absolute Gasteiger partial charge is 0.315 e. The zero-order chi connectivity index (χ0) is 18.5. The van der Waals surface area contributed by atoms with Crippen LogP contribution in [0.25, 0.3) is 0 Å². The van der Waals surface area contributed by atoms with E-state index in [1.54, 1.807) is 6.07 Å². The van der Waals surface area contributed by atoms with E-state index in [4.69, 9.17) is 11.6 Å². The van der Waals surface area contributed by atoms with Gasteiger partial charge in [-0.05, 0) is 49.1 Å². The van der Waals surface area contributed by atoms with Crippen LogP contribution in [0, 0.1) is 11.7 Å². The van der Waals surface area contributed by atoms with E-state index < -0.39 is 5.82 Å². The molecule has 1 heterocycles. The number of urea groups is 1. The molecule has 2 unspecified atom stereocenters. The minimum absolute atomic E-state index is 0.0783. The number of halogens is 2. The van der Waals surface area contributed by atoms with E-state index in [-0.39, 0.29) is 17.1 Å². The molecule has 0 aliphatic carbocycles. The maximum absolute atomic E-state index is 13.5. The third kappa shape index (κ3) is 4.67. The summed E-state index contributed by atoms with van der Waals surface area (Å²) >= 11 is 5.69. The highest BCUT2D eigenvalue weighted by Crippen LogP contribution is 2.23. The lowest BCUT2D eigenvalue weighted by molar-refractivity contribution is 0.236. The van der Waals surface area contributed by atoms with Gasteiger partial charge in [-0.25, -0.2) is 9.18 Å². The van der Waals surface area contributed by atoms with Gasteiger partial charge in [0.05, 0.1) is 11.1 Å². The van der Waals surface area contributed by atoms with Gasteiger partial charge in [0.1, 0.15) is 5.82 Å². The van der Waals surface area contributed by atoms with Gasteiger partial charge in [0.2, 0.25) is 0 Å². The second-order valence-corrected chi connectivity index (χ2v) is 7.09. The highest BCUT2D eigenvalue weighted by Gasteiger charge is 2.23. The number of nitrogens with zero attached hydrogens (tertiary/aromatic N) is 1. The monoisotopic (exact) mass is 375 g/mol. The number of amides is 2. The van der Waals surface area contributed by atoms with Crippen LogP contribution in [-0.2, 0) is 0 Å². The van der Waals surface area contributed by atoms with Gasteiger partial charge in [-0.1, -0.05) is 35.9 Å². The predicted octanol–water partition coefficient (Wildman–Crippen LogP) is 4.37. The third-order valence-electron chi connectivity index (χ3n) is 4.75. The van der Waals surface area contributed by atoms with E-state index in [0.717, 1.165) is 19.5 Å². The number of rotatable bonds is 5. The quantitative estimate of drug-likeness (QED) is 0.815. The molecule has 4 nitrogen and oxygen atoms in total. The minimum Gasteiger partial charge on any atom is -0.371 e. The number of carbonyl (C=O) groups is 1. The first-order valence-corrected chi connectivity index (χ1v) is 9.20. The number of hydrogen-bond donors (Lipinski definition) is 2. The second-order valence-electron chi connectivity index (χ2n) is 6.69. The Morgan fingerprint density at radius 3 is 2.81 bits per heavy atom. The van der Waals surface area contributed by atoms with E-state index in [0.29, 0.717) is 18.0 Å². The topological polar surface area (TPSA) is 44.4 Å². The van der Waals surface area contributed by atoms with Crippen LogP contribution in [0.2, 0.25) is 5.02 Å². The Balaban J connectivity index is 1.45. The zero-order valence-corrected chi connectivity index (χ0v) is 15.5. The first-order valence-electron chi connectivity index (χ1n) is 8.82. The predicted molar refractivity (Wildman–Crippen MR) is 103 cm³/mol. The lowest BCUT2D eigenvalue weighted by atomic mass is 10.1. The van der Waals surface area contributed by atoms with Crippen molar-refractivity contribution in [2.75, 3.05) is 24.5 Å².